The molecule has 2 rings (SSSR count). The number of hydrogen-bond donors (Lipinski definition) is 1. The predicted molar refractivity (Wildman–Crippen MR) is 82.9 cm³/mol. The lowest BCUT2D eigenvalue weighted by atomic mass is 9.97. The topological polar surface area (TPSA) is 49.4 Å². The zero-order chi connectivity index (χ0) is 16.8. The SMILES string of the molecule is CCCC(=O)NC[C@@H]1CCCN(C(=O)c2ccc(F)cc2F)C1. The minimum atomic E-state index is -0.839. The molecule has 4 nitrogen and oxygen atoms in total. The quantitative estimate of drug-likeness (QED) is 0.905. The minimum Gasteiger partial charge on any atom is -0.356 e. The number of nitrogens with one attached hydrogen (secondary N) is 1. The number of carbonyl (C=O) groups excluding carboxylic acids is 2. The van der Waals surface area contributed by atoms with Gasteiger partial charge in [0.05, 0.1) is 5.56 Å². The van der Waals surface area contributed by atoms with Gasteiger partial charge in [-0.3, -0.25) is 9.59 Å². The first-order chi connectivity index (χ1) is 11.0. The van der Waals surface area contributed by atoms with Crippen LogP contribution in [0.2, 0.25) is 0 Å². The monoisotopic (exact) mass is 324 g/mol. The van der Waals surface area contributed by atoms with E-state index in [0.29, 0.717) is 26.1 Å². The lowest BCUT2D eigenvalue weighted by Crippen LogP contribution is -2.44. The number of likely N-dealkylation sites (tertiary alicyclic amines) is 1. The maximum atomic E-state index is 13.7. The van der Waals surface area contributed by atoms with Crippen LogP contribution in [0.5, 0.6) is 0 Å². The lowest BCUT2D eigenvalue weighted by Gasteiger charge is -2.33. The molecule has 1 aromatic carbocycles. The first kappa shape index (κ1) is 17.4. The standard InChI is InChI=1S/C17H22F2N2O2/c1-2-4-16(22)20-10-12-5-3-8-21(11-12)17(23)14-7-6-13(18)9-15(14)19/h6-7,9,12H,2-5,8,10-11H2,1H3,(H,20,22)/t12-/m0/s1. The highest BCUT2D eigenvalue weighted by molar-refractivity contribution is 5.94. The van der Waals surface area contributed by atoms with E-state index in [9.17, 15) is 18.4 Å². The van der Waals surface area contributed by atoms with Crippen molar-refractivity contribution in [3.8, 4) is 0 Å². The Kier molecular flexibility index (Phi) is 6.07. The molecule has 0 radical (unpaired) electrons. The van der Waals surface area contributed by atoms with Crippen LogP contribution in [-0.4, -0.2) is 36.3 Å². The third kappa shape index (κ3) is 4.74. The van der Waals surface area contributed by atoms with Crippen molar-refractivity contribution < 1.29 is 18.4 Å². The van der Waals surface area contributed by atoms with E-state index < -0.39 is 17.5 Å². The molecule has 23 heavy (non-hydrogen) atoms. The molecule has 1 aromatic rings. The third-order valence-electron chi connectivity index (χ3n) is 4.03. The molecule has 1 fully saturated rings. The summed E-state index contributed by atoms with van der Waals surface area (Å²) in [6, 6.07) is 2.99. The molecule has 0 saturated carbocycles. The van der Waals surface area contributed by atoms with Gasteiger partial charge >= 0.3 is 0 Å². The summed E-state index contributed by atoms with van der Waals surface area (Å²) in [5.41, 5.74) is -0.109. The first-order valence-electron chi connectivity index (χ1n) is 8.02. The van der Waals surface area contributed by atoms with Crippen molar-refractivity contribution in [2.45, 2.75) is 32.6 Å². The maximum absolute atomic E-state index is 13.7. The molecule has 1 saturated heterocycles. The minimum absolute atomic E-state index is 0.0144. The van der Waals surface area contributed by atoms with Gasteiger partial charge in [-0.25, -0.2) is 8.78 Å². The molecule has 2 amide bonds. The Morgan fingerprint density at radius 2 is 2.13 bits per heavy atom. The molecule has 6 heteroatoms. The van der Waals surface area contributed by atoms with Crippen LogP contribution in [-0.2, 0) is 4.79 Å². The molecule has 0 aromatic heterocycles. The Hall–Kier alpha value is -1.98. The number of carbonyl (C=O) groups is 2. The molecule has 1 atom stereocenters. The van der Waals surface area contributed by atoms with E-state index >= 15 is 0 Å². The second-order valence-electron chi connectivity index (χ2n) is 5.94. The van der Waals surface area contributed by atoms with Crippen LogP contribution in [0.4, 0.5) is 8.78 Å². The highest BCUT2D eigenvalue weighted by atomic mass is 19.1. The van der Waals surface area contributed by atoms with E-state index in [1.807, 2.05) is 6.92 Å². The fraction of sp³-hybridized carbons (Fsp3) is 0.529. The van der Waals surface area contributed by atoms with Crippen LogP contribution < -0.4 is 5.32 Å². The van der Waals surface area contributed by atoms with Gasteiger partial charge in [-0.1, -0.05) is 6.92 Å². The van der Waals surface area contributed by atoms with Crippen LogP contribution >= 0.6 is 0 Å². The number of amides is 2. The molecule has 126 valence electrons. The summed E-state index contributed by atoms with van der Waals surface area (Å²) in [6.45, 7) is 3.49. The average Bonchev–Trinajstić information content (AvgIpc) is 2.53. The summed E-state index contributed by atoms with van der Waals surface area (Å²) >= 11 is 0. The van der Waals surface area contributed by atoms with Gasteiger partial charge in [-0.2, -0.15) is 0 Å². The average molecular weight is 324 g/mol. The fourth-order valence-corrected chi connectivity index (χ4v) is 2.82. The summed E-state index contributed by atoms with van der Waals surface area (Å²) in [5, 5.41) is 2.87. The Balaban J connectivity index is 1.95. The second-order valence-corrected chi connectivity index (χ2v) is 5.94. The van der Waals surface area contributed by atoms with Gasteiger partial charge < -0.3 is 10.2 Å². The molecule has 0 bridgehead atoms. The maximum Gasteiger partial charge on any atom is 0.256 e. The summed E-state index contributed by atoms with van der Waals surface area (Å²) in [6.07, 6.45) is 3.02. The Morgan fingerprint density at radius 3 is 2.83 bits per heavy atom. The number of rotatable bonds is 5. The zero-order valence-corrected chi connectivity index (χ0v) is 13.3. The fourth-order valence-electron chi connectivity index (χ4n) is 2.82. The molecule has 1 aliphatic heterocycles. The highest BCUT2D eigenvalue weighted by Crippen LogP contribution is 2.20. The van der Waals surface area contributed by atoms with Crippen LogP contribution in [0.3, 0.4) is 0 Å². The van der Waals surface area contributed by atoms with Crippen molar-refractivity contribution in [2.24, 2.45) is 5.92 Å². The van der Waals surface area contributed by atoms with E-state index in [0.717, 1.165) is 31.4 Å². The Labute approximate surface area is 134 Å². The van der Waals surface area contributed by atoms with Gasteiger partial charge in [0, 0.05) is 32.1 Å². The molecular weight excluding hydrogens is 302 g/mol. The molecule has 0 spiro atoms. The van der Waals surface area contributed by atoms with Crippen LogP contribution in [0.25, 0.3) is 0 Å². The van der Waals surface area contributed by atoms with Crippen LogP contribution in [0.15, 0.2) is 18.2 Å². The van der Waals surface area contributed by atoms with Crippen LogP contribution in [0.1, 0.15) is 43.0 Å². The number of halogens is 2. The lowest BCUT2D eigenvalue weighted by molar-refractivity contribution is -0.121. The third-order valence-corrected chi connectivity index (χ3v) is 4.03. The number of nitrogens with zero attached hydrogens (tertiary/aromatic N) is 1. The van der Waals surface area contributed by atoms with E-state index in [4.69, 9.17) is 0 Å². The zero-order valence-electron chi connectivity index (χ0n) is 13.3. The molecule has 1 aliphatic rings. The van der Waals surface area contributed by atoms with Crippen molar-refractivity contribution in [1.29, 1.82) is 0 Å². The smallest absolute Gasteiger partial charge is 0.256 e. The van der Waals surface area contributed by atoms with E-state index in [-0.39, 0.29) is 17.4 Å². The predicted octanol–water partition coefficient (Wildman–Crippen LogP) is 2.73. The second kappa shape index (κ2) is 8.04. The van der Waals surface area contributed by atoms with Crippen molar-refractivity contribution >= 4 is 11.8 Å². The van der Waals surface area contributed by atoms with Gasteiger partial charge in [-0.05, 0) is 37.3 Å². The summed E-state index contributed by atoms with van der Waals surface area (Å²) in [7, 11) is 0. The van der Waals surface area contributed by atoms with Crippen molar-refractivity contribution in [3.05, 3.63) is 35.4 Å². The van der Waals surface area contributed by atoms with Gasteiger partial charge in [0.2, 0.25) is 5.91 Å². The number of hydrogen-bond acceptors (Lipinski definition) is 2. The molecule has 1 heterocycles. The molecule has 0 unspecified atom stereocenters. The van der Waals surface area contributed by atoms with E-state index in [2.05, 4.69) is 5.32 Å². The molecule has 1 N–H and O–H groups in total. The first-order valence-corrected chi connectivity index (χ1v) is 8.02. The summed E-state index contributed by atoms with van der Waals surface area (Å²) in [4.78, 5) is 25.5. The normalized spacial score (nSPS) is 17.9. The van der Waals surface area contributed by atoms with Crippen molar-refractivity contribution in [3.63, 3.8) is 0 Å². The van der Waals surface area contributed by atoms with Crippen LogP contribution in [0, 0.1) is 17.6 Å². The molecular formula is C17H22F2N2O2. The van der Waals surface area contributed by atoms with Gasteiger partial charge in [0.1, 0.15) is 11.6 Å². The van der Waals surface area contributed by atoms with E-state index in [1.54, 1.807) is 4.90 Å². The summed E-state index contributed by atoms with van der Waals surface area (Å²) < 4.78 is 26.7. The number of benzene rings is 1. The van der Waals surface area contributed by atoms with Gasteiger partial charge in [0.25, 0.3) is 5.91 Å². The van der Waals surface area contributed by atoms with Crippen molar-refractivity contribution in [2.75, 3.05) is 19.6 Å². The van der Waals surface area contributed by atoms with Crippen molar-refractivity contribution in [1.82, 2.24) is 10.2 Å². The van der Waals surface area contributed by atoms with Gasteiger partial charge in [-0.15, -0.1) is 0 Å². The summed E-state index contributed by atoms with van der Waals surface area (Å²) in [5.74, 6) is -1.78. The highest BCUT2D eigenvalue weighted by Gasteiger charge is 2.26. The van der Waals surface area contributed by atoms with E-state index in [1.165, 1.54) is 6.07 Å². The number of piperidine rings is 1. The van der Waals surface area contributed by atoms with Gasteiger partial charge in [0.15, 0.2) is 0 Å². The molecule has 0 aliphatic carbocycles. The largest absolute Gasteiger partial charge is 0.356 e. The Morgan fingerprint density at radius 1 is 1.35 bits per heavy atom. The Bertz CT molecular complexity index is 578.